The van der Waals surface area contributed by atoms with Gasteiger partial charge in [-0.1, -0.05) is 23.7 Å². The molecule has 0 aliphatic carbocycles. The number of aromatic nitrogens is 1. The lowest BCUT2D eigenvalue weighted by Crippen LogP contribution is -2.45. The Hall–Kier alpha value is -0.940. The second kappa shape index (κ2) is 6.68. The van der Waals surface area contributed by atoms with Crippen LogP contribution in [0.5, 0.6) is 0 Å². The molecule has 1 aliphatic rings. The number of benzene rings is 1. The molecular formula is C15H18ClN3S. The molecule has 1 aliphatic heterocycles. The molecule has 0 saturated carbocycles. The Kier molecular flexibility index (Phi) is 4.68. The number of halogens is 1. The molecule has 0 atom stereocenters. The summed E-state index contributed by atoms with van der Waals surface area (Å²) < 4.78 is 0. The predicted octanol–water partition coefficient (Wildman–Crippen LogP) is 3.11. The molecule has 1 fully saturated rings. The molecular weight excluding hydrogens is 290 g/mol. The first-order chi connectivity index (χ1) is 9.79. The quantitative estimate of drug-likeness (QED) is 0.865. The van der Waals surface area contributed by atoms with E-state index in [0.29, 0.717) is 0 Å². The fourth-order valence-electron chi connectivity index (χ4n) is 2.50. The molecule has 3 rings (SSSR count). The summed E-state index contributed by atoms with van der Waals surface area (Å²) in [5.41, 5.74) is 4.44. The van der Waals surface area contributed by atoms with Crippen molar-refractivity contribution in [3.63, 3.8) is 0 Å². The summed E-state index contributed by atoms with van der Waals surface area (Å²) in [6.45, 7) is 6.47. The van der Waals surface area contributed by atoms with Crippen molar-refractivity contribution in [2.45, 2.75) is 13.1 Å². The molecule has 1 aromatic heterocycles. The number of piperazine rings is 1. The minimum atomic E-state index is 0.807. The molecule has 3 nitrogen and oxygen atoms in total. The first kappa shape index (κ1) is 14.0. The Morgan fingerprint density at radius 3 is 2.25 bits per heavy atom. The van der Waals surface area contributed by atoms with Crippen molar-refractivity contribution in [1.82, 2.24) is 14.8 Å². The van der Waals surface area contributed by atoms with E-state index in [-0.39, 0.29) is 0 Å². The summed E-state index contributed by atoms with van der Waals surface area (Å²) in [7, 11) is 0. The van der Waals surface area contributed by atoms with Crippen LogP contribution in [0, 0.1) is 0 Å². The molecule has 106 valence electrons. The van der Waals surface area contributed by atoms with Crippen LogP contribution in [0.3, 0.4) is 0 Å². The maximum Gasteiger partial charge on any atom is 0.0795 e. The molecule has 0 spiro atoms. The zero-order valence-corrected chi connectivity index (χ0v) is 12.9. The van der Waals surface area contributed by atoms with Gasteiger partial charge in [-0.05, 0) is 17.7 Å². The Labute approximate surface area is 128 Å². The topological polar surface area (TPSA) is 19.4 Å². The first-order valence-electron chi connectivity index (χ1n) is 6.86. The summed E-state index contributed by atoms with van der Waals surface area (Å²) in [5, 5.41) is 2.95. The summed E-state index contributed by atoms with van der Waals surface area (Å²) in [4.78, 5) is 9.34. The van der Waals surface area contributed by atoms with E-state index in [9.17, 15) is 0 Å². The number of nitrogens with zero attached hydrogens (tertiary/aromatic N) is 3. The summed E-state index contributed by atoms with van der Waals surface area (Å²) in [6.07, 6.45) is 0. The SMILES string of the molecule is Clc1ccc(CN2CCN(Cc3cscn3)CC2)cc1. The molecule has 0 bridgehead atoms. The Morgan fingerprint density at radius 1 is 1.00 bits per heavy atom. The first-order valence-corrected chi connectivity index (χ1v) is 8.18. The van der Waals surface area contributed by atoms with Gasteiger partial charge < -0.3 is 0 Å². The lowest BCUT2D eigenvalue weighted by molar-refractivity contribution is 0.121. The van der Waals surface area contributed by atoms with E-state index in [1.165, 1.54) is 11.3 Å². The van der Waals surface area contributed by atoms with Gasteiger partial charge in [0.15, 0.2) is 0 Å². The van der Waals surface area contributed by atoms with Crippen molar-refractivity contribution < 1.29 is 0 Å². The van der Waals surface area contributed by atoms with Crippen LogP contribution in [0.4, 0.5) is 0 Å². The van der Waals surface area contributed by atoms with E-state index in [2.05, 4.69) is 32.3 Å². The summed E-state index contributed by atoms with van der Waals surface area (Å²) >= 11 is 7.59. The van der Waals surface area contributed by atoms with Gasteiger partial charge in [0.2, 0.25) is 0 Å². The van der Waals surface area contributed by atoms with Crippen LogP contribution in [0.15, 0.2) is 35.2 Å². The Bertz CT molecular complexity index is 519. The van der Waals surface area contributed by atoms with E-state index in [1.807, 2.05) is 17.6 Å². The van der Waals surface area contributed by atoms with E-state index in [0.717, 1.165) is 44.3 Å². The van der Waals surface area contributed by atoms with E-state index < -0.39 is 0 Å². The largest absolute Gasteiger partial charge is 0.297 e. The van der Waals surface area contributed by atoms with Crippen molar-refractivity contribution in [2.75, 3.05) is 26.2 Å². The molecule has 5 heteroatoms. The van der Waals surface area contributed by atoms with Gasteiger partial charge in [-0.15, -0.1) is 11.3 Å². The minimum Gasteiger partial charge on any atom is -0.297 e. The van der Waals surface area contributed by atoms with Crippen LogP contribution in [0.2, 0.25) is 5.02 Å². The van der Waals surface area contributed by atoms with Gasteiger partial charge in [0.25, 0.3) is 0 Å². The van der Waals surface area contributed by atoms with Gasteiger partial charge in [0, 0.05) is 49.7 Å². The summed E-state index contributed by atoms with van der Waals surface area (Å²) in [6, 6.07) is 8.17. The average Bonchev–Trinajstić information content (AvgIpc) is 2.96. The minimum absolute atomic E-state index is 0.807. The van der Waals surface area contributed by atoms with Crippen molar-refractivity contribution in [1.29, 1.82) is 0 Å². The molecule has 0 radical (unpaired) electrons. The van der Waals surface area contributed by atoms with E-state index in [4.69, 9.17) is 11.6 Å². The maximum atomic E-state index is 5.92. The molecule has 2 heterocycles. The van der Waals surface area contributed by atoms with Gasteiger partial charge >= 0.3 is 0 Å². The third kappa shape index (κ3) is 3.79. The van der Waals surface area contributed by atoms with E-state index >= 15 is 0 Å². The maximum absolute atomic E-state index is 5.92. The Morgan fingerprint density at radius 2 is 1.65 bits per heavy atom. The van der Waals surface area contributed by atoms with Crippen LogP contribution in [0.25, 0.3) is 0 Å². The molecule has 2 aromatic rings. The standard InChI is InChI=1S/C15H18ClN3S/c16-14-3-1-13(2-4-14)9-18-5-7-19(8-6-18)10-15-11-20-12-17-15/h1-4,11-12H,5-10H2. The smallest absolute Gasteiger partial charge is 0.0795 e. The zero-order valence-electron chi connectivity index (χ0n) is 11.3. The third-order valence-electron chi connectivity index (χ3n) is 3.65. The molecule has 0 amide bonds. The second-order valence-corrected chi connectivity index (χ2v) is 6.31. The van der Waals surface area contributed by atoms with E-state index in [1.54, 1.807) is 11.3 Å². The zero-order chi connectivity index (χ0) is 13.8. The molecule has 1 saturated heterocycles. The van der Waals surface area contributed by atoms with Gasteiger partial charge in [-0.3, -0.25) is 9.80 Å². The van der Waals surface area contributed by atoms with Gasteiger partial charge in [0.1, 0.15) is 0 Å². The Balaban J connectivity index is 1.47. The highest BCUT2D eigenvalue weighted by Gasteiger charge is 2.17. The molecule has 20 heavy (non-hydrogen) atoms. The average molecular weight is 308 g/mol. The van der Waals surface area contributed by atoms with Crippen molar-refractivity contribution in [3.8, 4) is 0 Å². The lowest BCUT2D eigenvalue weighted by atomic mass is 10.2. The second-order valence-electron chi connectivity index (χ2n) is 5.16. The number of hydrogen-bond acceptors (Lipinski definition) is 4. The summed E-state index contributed by atoms with van der Waals surface area (Å²) in [5.74, 6) is 0. The van der Waals surface area contributed by atoms with Gasteiger partial charge in [-0.2, -0.15) is 0 Å². The van der Waals surface area contributed by atoms with Crippen molar-refractivity contribution in [3.05, 3.63) is 51.4 Å². The van der Waals surface area contributed by atoms with Gasteiger partial charge in [0.05, 0.1) is 11.2 Å². The highest BCUT2D eigenvalue weighted by atomic mass is 35.5. The fraction of sp³-hybridized carbons (Fsp3) is 0.400. The van der Waals surface area contributed by atoms with Crippen molar-refractivity contribution >= 4 is 22.9 Å². The van der Waals surface area contributed by atoms with Crippen LogP contribution < -0.4 is 0 Å². The molecule has 1 aromatic carbocycles. The normalized spacial score (nSPS) is 17.4. The highest BCUT2D eigenvalue weighted by Crippen LogP contribution is 2.14. The van der Waals surface area contributed by atoms with Crippen LogP contribution in [0.1, 0.15) is 11.3 Å². The molecule has 0 unspecified atom stereocenters. The highest BCUT2D eigenvalue weighted by molar-refractivity contribution is 7.07. The number of hydrogen-bond donors (Lipinski definition) is 0. The molecule has 0 N–H and O–H groups in total. The van der Waals surface area contributed by atoms with Crippen LogP contribution >= 0.6 is 22.9 Å². The van der Waals surface area contributed by atoms with Crippen LogP contribution in [-0.2, 0) is 13.1 Å². The lowest BCUT2D eigenvalue weighted by Gasteiger charge is -2.34. The predicted molar refractivity (Wildman–Crippen MR) is 84.1 cm³/mol. The van der Waals surface area contributed by atoms with Crippen LogP contribution in [-0.4, -0.2) is 41.0 Å². The monoisotopic (exact) mass is 307 g/mol. The third-order valence-corrected chi connectivity index (χ3v) is 4.54. The number of thiazole rings is 1. The van der Waals surface area contributed by atoms with Gasteiger partial charge in [-0.25, -0.2) is 4.98 Å². The number of rotatable bonds is 4. The van der Waals surface area contributed by atoms with Crippen molar-refractivity contribution in [2.24, 2.45) is 0 Å². The fourth-order valence-corrected chi connectivity index (χ4v) is 3.17.